The van der Waals surface area contributed by atoms with Crippen LogP contribution in [0.4, 0.5) is 0 Å². The molecule has 0 radical (unpaired) electrons. The molecule has 6 nitrogen and oxygen atoms in total. The number of para-hydroxylation sites is 2. The second-order valence-electron chi connectivity index (χ2n) is 10.8. The maximum absolute atomic E-state index is 13.5. The average Bonchev–Trinajstić information content (AvgIpc) is 3.31. The Balaban J connectivity index is 1.44. The summed E-state index contributed by atoms with van der Waals surface area (Å²) in [5.41, 5.74) is 3.80. The fraction of sp³-hybridized carbons (Fsp3) is 0.333. The second-order valence-corrected chi connectivity index (χ2v) is 10.8. The minimum absolute atomic E-state index is 0.0166. The molecule has 0 unspecified atom stereocenters. The zero-order valence-corrected chi connectivity index (χ0v) is 21.3. The number of fused-ring (bicyclic) bond motifs is 5. The summed E-state index contributed by atoms with van der Waals surface area (Å²) in [6.07, 6.45) is 1.84. The smallest absolute Gasteiger partial charge is 0.258 e. The first-order valence-electron chi connectivity index (χ1n) is 12.4. The lowest BCUT2D eigenvalue weighted by molar-refractivity contribution is 0.0729. The zero-order chi connectivity index (χ0) is 25.4. The van der Waals surface area contributed by atoms with Gasteiger partial charge in [-0.25, -0.2) is 0 Å². The number of aryl methyl sites for hydroxylation is 2. The van der Waals surface area contributed by atoms with Gasteiger partial charge in [0, 0.05) is 37.2 Å². The monoisotopic (exact) mass is 482 g/mol. The molecule has 2 aromatic heterocycles. The number of benzene rings is 2. The normalized spacial score (nSPS) is 19.5. The van der Waals surface area contributed by atoms with Gasteiger partial charge >= 0.3 is 0 Å². The molecule has 0 N–H and O–H groups in total. The highest BCUT2D eigenvalue weighted by Crippen LogP contribution is 2.46. The predicted molar refractivity (Wildman–Crippen MR) is 142 cm³/mol. The number of hydrogen-bond acceptors (Lipinski definition) is 4. The lowest BCUT2D eigenvalue weighted by atomic mass is 9.80. The van der Waals surface area contributed by atoms with E-state index in [9.17, 15) is 9.59 Å². The van der Waals surface area contributed by atoms with Crippen LogP contribution in [0.1, 0.15) is 50.7 Å². The van der Waals surface area contributed by atoms with Crippen molar-refractivity contribution in [2.24, 2.45) is 14.1 Å². The Kier molecular flexibility index (Phi) is 4.94. The highest BCUT2D eigenvalue weighted by atomic mass is 16.5. The summed E-state index contributed by atoms with van der Waals surface area (Å²) in [4.78, 5) is 26.8. The van der Waals surface area contributed by atoms with Crippen LogP contribution in [0.25, 0.3) is 21.8 Å². The molecule has 4 heterocycles. The Morgan fingerprint density at radius 1 is 0.972 bits per heavy atom. The molecule has 4 aromatic rings. The number of hydrogen-bond donors (Lipinski definition) is 0. The van der Waals surface area contributed by atoms with Crippen LogP contribution in [-0.4, -0.2) is 14.7 Å². The van der Waals surface area contributed by atoms with E-state index in [0.717, 1.165) is 39.7 Å². The Labute approximate surface area is 209 Å². The molecule has 6 heteroatoms. The summed E-state index contributed by atoms with van der Waals surface area (Å²) < 4.78 is 16.4. The molecule has 36 heavy (non-hydrogen) atoms. The van der Waals surface area contributed by atoms with Crippen molar-refractivity contribution in [2.45, 2.75) is 51.6 Å². The number of allylic oxidation sites excluding steroid dienone is 2. The van der Waals surface area contributed by atoms with Gasteiger partial charge in [-0.15, -0.1) is 0 Å². The van der Waals surface area contributed by atoms with Gasteiger partial charge in [0.2, 0.25) is 5.88 Å². The van der Waals surface area contributed by atoms with Crippen LogP contribution in [0.15, 0.2) is 69.5 Å². The third-order valence-corrected chi connectivity index (χ3v) is 7.75. The molecule has 1 atom stereocenters. The molecule has 0 amide bonds. The van der Waals surface area contributed by atoms with Gasteiger partial charge in [-0.2, -0.15) is 0 Å². The third kappa shape index (κ3) is 3.31. The summed E-state index contributed by atoms with van der Waals surface area (Å²) in [7, 11) is 3.76. The highest BCUT2D eigenvalue weighted by Gasteiger charge is 2.38. The summed E-state index contributed by atoms with van der Waals surface area (Å²) in [6.45, 7) is 6.21. The van der Waals surface area contributed by atoms with Gasteiger partial charge in [-0.1, -0.05) is 24.3 Å². The zero-order valence-electron chi connectivity index (χ0n) is 21.3. The van der Waals surface area contributed by atoms with E-state index in [0.29, 0.717) is 35.4 Å². The molecule has 0 spiro atoms. The van der Waals surface area contributed by atoms with Crippen molar-refractivity contribution in [1.29, 1.82) is 0 Å². The van der Waals surface area contributed by atoms with Crippen molar-refractivity contribution in [3.05, 3.63) is 91.6 Å². The Hall–Kier alpha value is -3.80. The van der Waals surface area contributed by atoms with E-state index in [4.69, 9.17) is 9.47 Å². The van der Waals surface area contributed by atoms with Crippen LogP contribution in [0.5, 0.6) is 11.6 Å². The standard InChI is InChI=1S/C30H30N2O4/c1-17(24-15-21-26(33)19-10-6-8-12-22(19)32(5)29(21)35-24)14-18-16-30(2,3)36-27-20-11-7-9-13-23(20)31(4)28(34)25(18)27/h6-13,18H,14-16H2,1-5H3/t18-/m1/s1. The van der Waals surface area contributed by atoms with E-state index in [-0.39, 0.29) is 16.9 Å². The summed E-state index contributed by atoms with van der Waals surface area (Å²) in [6, 6.07) is 15.5. The SMILES string of the molecule is CC(C[C@@H]1CC(C)(C)Oc2c1c(=O)n(C)c1ccccc21)=C1Cc2c(n(C)c3ccccc3c2=O)O1. The molecule has 0 bridgehead atoms. The average molecular weight is 483 g/mol. The molecule has 0 saturated heterocycles. The van der Waals surface area contributed by atoms with Crippen LogP contribution in [-0.2, 0) is 20.5 Å². The minimum atomic E-state index is -0.413. The van der Waals surface area contributed by atoms with Crippen molar-refractivity contribution in [1.82, 2.24) is 9.13 Å². The first kappa shape index (κ1) is 22.7. The minimum Gasteiger partial charge on any atom is -0.487 e. The fourth-order valence-electron chi connectivity index (χ4n) is 6.00. The first-order valence-corrected chi connectivity index (χ1v) is 12.4. The molecule has 2 aliphatic heterocycles. The van der Waals surface area contributed by atoms with Gasteiger partial charge in [0.05, 0.1) is 22.2 Å². The quantitative estimate of drug-likeness (QED) is 0.387. The third-order valence-electron chi connectivity index (χ3n) is 7.75. The fourth-order valence-corrected chi connectivity index (χ4v) is 6.00. The van der Waals surface area contributed by atoms with Crippen LogP contribution in [0.2, 0.25) is 0 Å². The van der Waals surface area contributed by atoms with Crippen molar-refractivity contribution in [2.75, 3.05) is 0 Å². The highest BCUT2D eigenvalue weighted by molar-refractivity contribution is 5.87. The van der Waals surface area contributed by atoms with E-state index in [1.54, 1.807) is 4.57 Å². The molecule has 6 rings (SSSR count). The molecule has 2 aromatic carbocycles. The van der Waals surface area contributed by atoms with E-state index < -0.39 is 5.60 Å². The molecule has 0 aliphatic carbocycles. The van der Waals surface area contributed by atoms with Crippen molar-refractivity contribution < 1.29 is 9.47 Å². The topological polar surface area (TPSA) is 62.5 Å². The van der Waals surface area contributed by atoms with Gasteiger partial charge < -0.3 is 18.6 Å². The Bertz CT molecular complexity index is 1720. The molecular formula is C30H30N2O4. The number of pyridine rings is 2. The molecule has 184 valence electrons. The van der Waals surface area contributed by atoms with Gasteiger partial charge in [-0.05, 0) is 63.5 Å². The largest absolute Gasteiger partial charge is 0.487 e. The molecular weight excluding hydrogens is 452 g/mol. The Morgan fingerprint density at radius 3 is 2.33 bits per heavy atom. The van der Waals surface area contributed by atoms with E-state index in [1.807, 2.05) is 67.2 Å². The molecule has 0 saturated carbocycles. The maximum Gasteiger partial charge on any atom is 0.258 e. The van der Waals surface area contributed by atoms with Crippen LogP contribution < -0.4 is 20.5 Å². The lowest BCUT2D eigenvalue weighted by Gasteiger charge is -2.38. The Morgan fingerprint density at radius 2 is 1.61 bits per heavy atom. The number of rotatable bonds is 2. The van der Waals surface area contributed by atoms with Crippen molar-refractivity contribution in [3.63, 3.8) is 0 Å². The lowest BCUT2D eigenvalue weighted by Crippen LogP contribution is -2.39. The summed E-state index contributed by atoms with van der Waals surface area (Å²) >= 11 is 0. The maximum atomic E-state index is 13.5. The van der Waals surface area contributed by atoms with E-state index in [2.05, 4.69) is 20.8 Å². The molecule has 2 aliphatic rings. The van der Waals surface area contributed by atoms with Gasteiger partial charge in [-0.3, -0.25) is 9.59 Å². The summed E-state index contributed by atoms with van der Waals surface area (Å²) in [5.74, 6) is 2.09. The summed E-state index contributed by atoms with van der Waals surface area (Å²) in [5, 5.41) is 1.66. The first-order chi connectivity index (χ1) is 17.2. The second kappa shape index (κ2) is 7.85. The number of aromatic nitrogens is 2. The van der Waals surface area contributed by atoms with Crippen LogP contribution in [0.3, 0.4) is 0 Å². The van der Waals surface area contributed by atoms with Crippen molar-refractivity contribution in [3.8, 4) is 11.6 Å². The van der Waals surface area contributed by atoms with E-state index >= 15 is 0 Å². The van der Waals surface area contributed by atoms with Crippen LogP contribution in [0, 0.1) is 0 Å². The predicted octanol–water partition coefficient (Wildman–Crippen LogP) is 5.33. The molecule has 0 fully saturated rings. The van der Waals surface area contributed by atoms with Gasteiger partial charge in [0.25, 0.3) is 5.56 Å². The van der Waals surface area contributed by atoms with E-state index in [1.165, 1.54) is 0 Å². The van der Waals surface area contributed by atoms with Crippen LogP contribution >= 0.6 is 0 Å². The number of nitrogens with zero attached hydrogens (tertiary/aromatic N) is 2. The van der Waals surface area contributed by atoms with Crippen molar-refractivity contribution >= 4 is 21.8 Å². The van der Waals surface area contributed by atoms with Gasteiger partial charge in [0.15, 0.2) is 5.43 Å². The number of ether oxygens (including phenoxy) is 2. The van der Waals surface area contributed by atoms with Gasteiger partial charge in [0.1, 0.15) is 17.1 Å².